The summed E-state index contributed by atoms with van der Waals surface area (Å²) in [5.41, 5.74) is 1.84. The molecule has 0 amide bonds. The van der Waals surface area contributed by atoms with Gasteiger partial charge in [-0.25, -0.2) is 0 Å². The Balaban J connectivity index is 1.70. The van der Waals surface area contributed by atoms with Gasteiger partial charge in [-0.2, -0.15) is 0 Å². The molecule has 3 aromatic carbocycles. The normalized spacial score (nSPS) is 10.2. The van der Waals surface area contributed by atoms with Crippen LogP contribution in [0.4, 0.5) is 11.4 Å². The third-order valence-corrected chi connectivity index (χ3v) is 3.99. The maximum atomic E-state index is 12.5. The Morgan fingerprint density at radius 2 is 1.48 bits per heavy atom. The molecule has 0 saturated heterocycles. The van der Waals surface area contributed by atoms with E-state index in [9.17, 15) is 19.7 Å². The number of nitrogens with zero attached hydrogens (tertiary/aromatic N) is 1. The summed E-state index contributed by atoms with van der Waals surface area (Å²) in [6.07, 6.45) is 0. The van der Waals surface area contributed by atoms with Crippen LogP contribution in [0, 0.1) is 10.1 Å². The van der Waals surface area contributed by atoms with E-state index in [4.69, 9.17) is 0 Å². The summed E-state index contributed by atoms with van der Waals surface area (Å²) in [4.78, 5) is 35.1. The SMILES string of the molecule is O=C(CNc1cccc(C(=O)c2ccccc2)c1)c1cccc([N+](=O)[O-])c1. The van der Waals surface area contributed by atoms with Gasteiger partial charge < -0.3 is 5.32 Å². The Bertz CT molecular complexity index is 1000. The van der Waals surface area contributed by atoms with Gasteiger partial charge in [0.05, 0.1) is 11.5 Å². The molecule has 6 nitrogen and oxygen atoms in total. The van der Waals surface area contributed by atoms with Gasteiger partial charge in [0, 0.05) is 34.5 Å². The van der Waals surface area contributed by atoms with Gasteiger partial charge in [0.1, 0.15) is 0 Å². The molecule has 3 rings (SSSR count). The molecule has 0 aliphatic heterocycles. The molecule has 0 aliphatic rings. The number of carbonyl (C=O) groups excluding carboxylic acids is 2. The van der Waals surface area contributed by atoms with Crippen LogP contribution in [0.15, 0.2) is 78.9 Å². The maximum Gasteiger partial charge on any atom is 0.270 e. The maximum absolute atomic E-state index is 12.5. The molecular formula is C21H16N2O4. The summed E-state index contributed by atoms with van der Waals surface area (Å²) < 4.78 is 0. The average molecular weight is 360 g/mol. The van der Waals surface area contributed by atoms with Crippen LogP contribution in [0.5, 0.6) is 0 Å². The smallest absolute Gasteiger partial charge is 0.270 e. The lowest BCUT2D eigenvalue weighted by Gasteiger charge is -2.08. The van der Waals surface area contributed by atoms with Crippen molar-refractivity contribution in [2.24, 2.45) is 0 Å². The first-order valence-corrected chi connectivity index (χ1v) is 8.26. The first-order valence-electron chi connectivity index (χ1n) is 8.26. The number of ketones is 2. The molecule has 0 aromatic heterocycles. The summed E-state index contributed by atoms with van der Waals surface area (Å²) in [7, 11) is 0. The number of hydrogen-bond donors (Lipinski definition) is 1. The second-order valence-corrected chi connectivity index (χ2v) is 5.86. The number of benzene rings is 3. The molecule has 0 aliphatic carbocycles. The van der Waals surface area contributed by atoms with Crippen LogP contribution in [-0.4, -0.2) is 23.0 Å². The number of nitro benzene ring substituents is 1. The van der Waals surface area contributed by atoms with Gasteiger partial charge in [0.25, 0.3) is 5.69 Å². The molecule has 6 heteroatoms. The molecule has 0 spiro atoms. The van der Waals surface area contributed by atoms with Crippen molar-refractivity contribution in [3.05, 3.63) is 106 Å². The predicted octanol–water partition coefficient (Wildman–Crippen LogP) is 4.12. The van der Waals surface area contributed by atoms with Crippen LogP contribution in [0.1, 0.15) is 26.3 Å². The lowest BCUT2D eigenvalue weighted by molar-refractivity contribution is -0.384. The number of non-ortho nitro benzene ring substituents is 1. The van der Waals surface area contributed by atoms with Crippen molar-refractivity contribution in [1.82, 2.24) is 0 Å². The van der Waals surface area contributed by atoms with Gasteiger partial charge >= 0.3 is 0 Å². The standard InChI is InChI=1S/C21H16N2O4/c24-20(16-8-5-11-19(13-16)23(26)27)14-22-18-10-4-9-17(12-18)21(25)15-6-2-1-3-7-15/h1-13,22H,14H2. The number of rotatable bonds is 7. The minimum absolute atomic E-state index is 0.0376. The third-order valence-electron chi connectivity index (χ3n) is 3.99. The van der Waals surface area contributed by atoms with Crippen LogP contribution in [0.3, 0.4) is 0 Å². The van der Waals surface area contributed by atoms with E-state index in [-0.39, 0.29) is 29.4 Å². The first-order chi connectivity index (χ1) is 13.0. The molecule has 3 aromatic rings. The Kier molecular flexibility index (Phi) is 5.37. The summed E-state index contributed by atoms with van der Waals surface area (Å²) in [6, 6.07) is 21.4. The van der Waals surface area contributed by atoms with E-state index >= 15 is 0 Å². The van der Waals surface area contributed by atoms with Crippen molar-refractivity contribution in [3.63, 3.8) is 0 Å². The minimum atomic E-state index is -0.539. The lowest BCUT2D eigenvalue weighted by Crippen LogP contribution is -2.14. The predicted molar refractivity (Wildman–Crippen MR) is 102 cm³/mol. The molecule has 0 bridgehead atoms. The van der Waals surface area contributed by atoms with Gasteiger partial charge in [-0.1, -0.05) is 54.6 Å². The summed E-state index contributed by atoms with van der Waals surface area (Å²) >= 11 is 0. The van der Waals surface area contributed by atoms with Crippen molar-refractivity contribution in [3.8, 4) is 0 Å². The van der Waals surface area contributed by atoms with Crippen LogP contribution in [0.25, 0.3) is 0 Å². The van der Waals surface area contributed by atoms with E-state index in [1.165, 1.54) is 24.3 Å². The van der Waals surface area contributed by atoms with Gasteiger partial charge in [-0.3, -0.25) is 19.7 Å². The number of nitrogens with one attached hydrogen (secondary N) is 1. The zero-order chi connectivity index (χ0) is 19.2. The average Bonchev–Trinajstić information content (AvgIpc) is 2.72. The monoisotopic (exact) mass is 360 g/mol. The molecule has 0 atom stereocenters. The summed E-state index contributed by atoms with van der Waals surface area (Å²) in [6.45, 7) is -0.0376. The van der Waals surface area contributed by atoms with E-state index in [1.54, 1.807) is 48.5 Å². The summed E-state index contributed by atoms with van der Waals surface area (Å²) in [5, 5.41) is 13.8. The number of hydrogen-bond acceptors (Lipinski definition) is 5. The number of anilines is 1. The number of carbonyl (C=O) groups is 2. The fourth-order valence-electron chi connectivity index (χ4n) is 2.60. The summed E-state index contributed by atoms with van der Waals surface area (Å²) in [5.74, 6) is -0.386. The fraction of sp³-hybridized carbons (Fsp3) is 0.0476. The highest BCUT2D eigenvalue weighted by Gasteiger charge is 2.12. The molecule has 0 saturated carbocycles. The van der Waals surface area contributed by atoms with Crippen molar-refractivity contribution < 1.29 is 14.5 Å². The molecule has 134 valence electrons. The highest BCUT2D eigenvalue weighted by molar-refractivity contribution is 6.09. The van der Waals surface area contributed by atoms with Gasteiger partial charge in [-0.15, -0.1) is 0 Å². The van der Waals surface area contributed by atoms with Crippen LogP contribution >= 0.6 is 0 Å². The van der Waals surface area contributed by atoms with E-state index < -0.39 is 4.92 Å². The fourth-order valence-corrected chi connectivity index (χ4v) is 2.60. The lowest BCUT2D eigenvalue weighted by atomic mass is 10.0. The van der Waals surface area contributed by atoms with Gasteiger partial charge in [0.15, 0.2) is 11.6 Å². The van der Waals surface area contributed by atoms with Crippen LogP contribution < -0.4 is 5.32 Å². The first kappa shape index (κ1) is 18.0. The molecular weight excluding hydrogens is 344 g/mol. The Morgan fingerprint density at radius 1 is 0.815 bits per heavy atom. The zero-order valence-electron chi connectivity index (χ0n) is 14.3. The zero-order valence-corrected chi connectivity index (χ0v) is 14.3. The van der Waals surface area contributed by atoms with Crippen LogP contribution in [0.2, 0.25) is 0 Å². The molecule has 0 unspecified atom stereocenters. The van der Waals surface area contributed by atoms with Crippen molar-refractivity contribution in [1.29, 1.82) is 0 Å². The number of Topliss-reactive ketones (excluding diaryl/α,β-unsaturated/α-hetero) is 1. The van der Waals surface area contributed by atoms with Crippen molar-refractivity contribution in [2.45, 2.75) is 0 Å². The topological polar surface area (TPSA) is 89.3 Å². The molecule has 0 radical (unpaired) electrons. The molecule has 0 fully saturated rings. The Morgan fingerprint density at radius 3 is 2.22 bits per heavy atom. The highest BCUT2D eigenvalue weighted by Crippen LogP contribution is 2.16. The highest BCUT2D eigenvalue weighted by atomic mass is 16.6. The van der Waals surface area contributed by atoms with E-state index in [1.807, 2.05) is 6.07 Å². The molecule has 0 heterocycles. The van der Waals surface area contributed by atoms with Gasteiger partial charge in [-0.05, 0) is 12.1 Å². The van der Waals surface area contributed by atoms with Crippen LogP contribution in [-0.2, 0) is 0 Å². The number of nitro groups is 1. The Hall–Kier alpha value is -3.80. The second-order valence-electron chi connectivity index (χ2n) is 5.86. The van der Waals surface area contributed by atoms with E-state index in [0.29, 0.717) is 16.8 Å². The second kappa shape index (κ2) is 8.05. The van der Waals surface area contributed by atoms with Crippen molar-refractivity contribution >= 4 is 22.9 Å². The molecule has 1 N–H and O–H groups in total. The molecule has 27 heavy (non-hydrogen) atoms. The largest absolute Gasteiger partial charge is 0.378 e. The van der Waals surface area contributed by atoms with E-state index in [2.05, 4.69) is 5.32 Å². The quantitative estimate of drug-likeness (QED) is 0.389. The van der Waals surface area contributed by atoms with Gasteiger partial charge in [0.2, 0.25) is 0 Å². The van der Waals surface area contributed by atoms with Crippen molar-refractivity contribution in [2.75, 3.05) is 11.9 Å². The van der Waals surface area contributed by atoms with E-state index in [0.717, 1.165) is 0 Å². The Labute approximate surface area is 155 Å². The minimum Gasteiger partial charge on any atom is -0.378 e. The third kappa shape index (κ3) is 4.43.